The van der Waals surface area contributed by atoms with Crippen molar-refractivity contribution in [3.8, 4) is 0 Å². The monoisotopic (exact) mass is 394 g/mol. The fourth-order valence-corrected chi connectivity index (χ4v) is 5.18. The highest BCUT2D eigenvalue weighted by atomic mass is 16.2. The maximum absolute atomic E-state index is 13.0. The van der Waals surface area contributed by atoms with Crippen LogP contribution in [0.15, 0.2) is 0 Å². The van der Waals surface area contributed by atoms with Gasteiger partial charge in [0.25, 0.3) is 0 Å². The SMILES string of the molecule is CC(C)C1(C)CC1(C)CC(C)(C)C1CC(=O)N(CCNCCNC(N)=O)C1=O. The molecule has 28 heavy (non-hydrogen) atoms. The average molecular weight is 395 g/mol. The lowest BCUT2D eigenvalue weighted by molar-refractivity contribution is -0.140. The van der Waals surface area contributed by atoms with Gasteiger partial charge in [0.15, 0.2) is 0 Å². The van der Waals surface area contributed by atoms with Gasteiger partial charge >= 0.3 is 6.03 Å². The normalized spacial score (nSPS) is 30.2. The van der Waals surface area contributed by atoms with Crippen molar-refractivity contribution in [1.82, 2.24) is 15.5 Å². The Morgan fingerprint density at radius 3 is 2.43 bits per heavy atom. The summed E-state index contributed by atoms with van der Waals surface area (Å²) >= 11 is 0. The summed E-state index contributed by atoms with van der Waals surface area (Å²) in [5.41, 5.74) is 5.35. The van der Waals surface area contributed by atoms with Crippen LogP contribution in [0.5, 0.6) is 0 Å². The lowest BCUT2D eigenvalue weighted by Crippen LogP contribution is -2.41. The second kappa shape index (κ2) is 8.01. The van der Waals surface area contributed by atoms with Crippen molar-refractivity contribution >= 4 is 17.8 Å². The average Bonchev–Trinajstić information content (AvgIpc) is 2.98. The number of amides is 4. The second-order valence-electron chi connectivity index (χ2n) is 10.2. The molecule has 2 fully saturated rings. The highest BCUT2D eigenvalue weighted by molar-refractivity contribution is 6.03. The number of carbonyl (C=O) groups is 3. The van der Waals surface area contributed by atoms with E-state index in [2.05, 4.69) is 52.2 Å². The highest BCUT2D eigenvalue weighted by Gasteiger charge is 2.64. The standard InChI is InChI=1S/C21H38N4O3/c1-14(2)21(6)13-20(21,5)12-19(3,4)15-11-16(26)25(17(15)27)10-9-23-7-8-24-18(22)28/h14-15,23H,7-13H2,1-6H3,(H3,22,24,28). The molecule has 7 heteroatoms. The molecule has 1 aliphatic heterocycles. The van der Waals surface area contributed by atoms with E-state index in [0.29, 0.717) is 43.9 Å². The number of carbonyl (C=O) groups excluding carboxylic acids is 3. The van der Waals surface area contributed by atoms with E-state index in [4.69, 9.17) is 5.73 Å². The lowest BCUT2D eigenvalue weighted by atomic mass is 9.68. The van der Waals surface area contributed by atoms with Crippen LogP contribution in [-0.4, -0.2) is 48.9 Å². The van der Waals surface area contributed by atoms with E-state index in [9.17, 15) is 14.4 Å². The van der Waals surface area contributed by atoms with E-state index in [-0.39, 0.29) is 28.6 Å². The fraction of sp³-hybridized carbons (Fsp3) is 0.857. The fourth-order valence-electron chi connectivity index (χ4n) is 5.18. The van der Waals surface area contributed by atoms with E-state index >= 15 is 0 Å². The topological polar surface area (TPSA) is 105 Å². The van der Waals surface area contributed by atoms with Gasteiger partial charge in [-0.05, 0) is 35.0 Å². The van der Waals surface area contributed by atoms with Crippen LogP contribution in [0.25, 0.3) is 0 Å². The van der Waals surface area contributed by atoms with Crippen molar-refractivity contribution in [2.24, 2.45) is 33.8 Å². The Morgan fingerprint density at radius 2 is 1.89 bits per heavy atom. The molecule has 1 saturated carbocycles. The number of nitrogens with zero attached hydrogens (tertiary/aromatic N) is 1. The van der Waals surface area contributed by atoms with Crippen molar-refractivity contribution in [3.05, 3.63) is 0 Å². The van der Waals surface area contributed by atoms with Crippen molar-refractivity contribution in [2.45, 2.75) is 60.8 Å². The van der Waals surface area contributed by atoms with Crippen LogP contribution in [0.1, 0.15) is 60.8 Å². The first kappa shape index (κ1) is 22.7. The smallest absolute Gasteiger partial charge is 0.312 e. The zero-order valence-corrected chi connectivity index (χ0v) is 18.4. The molecule has 7 nitrogen and oxygen atoms in total. The van der Waals surface area contributed by atoms with Crippen LogP contribution in [-0.2, 0) is 9.59 Å². The highest BCUT2D eigenvalue weighted by Crippen LogP contribution is 2.71. The Labute approximate surface area is 169 Å². The first-order valence-corrected chi connectivity index (χ1v) is 10.4. The molecule has 1 heterocycles. The van der Waals surface area contributed by atoms with Gasteiger partial charge in [0.05, 0.1) is 5.92 Å². The number of imide groups is 1. The Bertz CT molecular complexity index is 633. The van der Waals surface area contributed by atoms with Gasteiger partial charge in [-0.3, -0.25) is 14.5 Å². The van der Waals surface area contributed by atoms with Crippen molar-refractivity contribution in [2.75, 3.05) is 26.2 Å². The van der Waals surface area contributed by atoms with E-state index in [1.165, 1.54) is 11.3 Å². The molecule has 3 atom stereocenters. The van der Waals surface area contributed by atoms with E-state index in [1.807, 2.05) is 0 Å². The molecule has 1 saturated heterocycles. The summed E-state index contributed by atoms with van der Waals surface area (Å²) in [5.74, 6) is 0.251. The van der Waals surface area contributed by atoms with Gasteiger partial charge in [-0.2, -0.15) is 0 Å². The maximum atomic E-state index is 13.0. The van der Waals surface area contributed by atoms with Crippen LogP contribution >= 0.6 is 0 Å². The number of hydrogen-bond acceptors (Lipinski definition) is 4. The number of nitrogens with two attached hydrogens (primary N) is 1. The molecule has 0 aromatic carbocycles. The van der Waals surface area contributed by atoms with Gasteiger partial charge < -0.3 is 16.4 Å². The van der Waals surface area contributed by atoms with Gasteiger partial charge in [0, 0.05) is 32.6 Å². The number of hydrogen-bond donors (Lipinski definition) is 3. The summed E-state index contributed by atoms with van der Waals surface area (Å²) in [4.78, 5) is 37.5. The molecule has 0 bridgehead atoms. The van der Waals surface area contributed by atoms with Crippen LogP contribution in [0.4, 0.5) is 4.79 Å². The Balaban J connectivity index is 1.89. The molecule has 0 spiro atoms. The third-order valence-corrected chi connectivity index (χ3v) is 7.43. The summed E-state index contributed by atoms with van der Waals surface area (Å²) in [6.07, 6.45) is 2.45. The van der Waals surface area contributed by atoms with Crippen LogP contribution in [0.2, 0.25) is 0 Å². The summed E-state index contributed by atoms with van der Waals surface area (Å²) in [5, 5.41) is 5.61. The molecule has 4 N–H and O–H groups in total. The molecule has 2 rings (SSSR count). The van der Waals surface area contributed by atoms with Crippen molar-refractivity contribution in [3.63, 3.8) is 0 Å². The molecule has 160 valence electrons. The first-order valence-electron chi connectivity index (χ1n) is 10.4. The molecule has 3 unspecified atom stereocenters. The summed E-state index contributed by atoms with van der Waals surface area (Å²) in [7, 11) is 0. The number of nitrogens with one attached hydrogen (secondary N) is 2. The van der Waals surface area contributed by atoms with Crippen LogP contribution < -0.4 is 16.4 Å². The lowest BCUT2D eigenvalue weighted by Gasteiger charge is -2.35. The summed E-state index contributed by atoms with van der Waals surface area (Å²) < 4.78 is 0. The molecule has 0 aromatic rings. The predicted octanol–water partition coefficient (Wildman–Crippen LogP) is 2.11. The Hall–Kier alpha value is -1.63. The third-order valence-electron chi connectivity index (χ3n) is 7.43. The van der Waals surface area contributed by atoms with Gasteiger partial charge in [-0.1, -0.05) is 41.5 Å². The van der Waals surface area contributed by atoms with E-state index < -0.39 is 6.03 Å². The molecular formula is C21H38N4O3. The van der Waals surface area contributed by atoms with Gasteiger partial charge in [-0.15, -0.1) is 0 Å². The van der Waals surface area contributed by atoms with Crippen LogP contribution in [0.3, 0.4) is 0 Å². The Kier molecular flexibility index (Phi) is 6.48. The molecule has 0 aromatic heterocycles. The van der Waals surface area contributed by atoms with E-state index in [1.54, 1.807) is 0 Å². The minimum absolute atomic E-state index is 0.0393. The Morgan fingerprint density at radius 1 is 1.25 bits per heavy atom. The molecule has 2 aliphatic rings. The summed E-state index contributed by atoms with van der Waals surface area (Å²) in [6, 6.07) is -0.560. The number of primary amides is 1. The van der Waals surface area contributed by atoms with Crippen molar-refractivity contribution in [1.29, 1.82) is 0 Å². The van der Waals surface area contributed by atoms with Gasteiger partial charge in [0.2, 0.25) is 11.8 Å². The summed E-state index contributed by atoms with van der Waals surface area (Å²) in [6.45, 7) is 15.3. The van der Waals surface area contributed by atoms with Crippen molar-refractivity contribution < 1.29 is 14.4 Å². The molecular weight excluding hydrogens is 356 g/mol. The largest absolute Gasteiger partial charge is 0.352 e. The maximum Gasteiger partial charge on any atom is 0.312 e. The van der Waals surface area contributed by atoms with Gasteiger partial charge in [-0.25, -0.2) is 4.79 Å². The van der Waals surface area contributed by atoms with E-state index in [0.717, 1.165) is 6.42 Å². The molecule has 0 radical (unpaired) electrons. The quantitative estimate of drug-likeness (QED) is 0.390. The molecule has 4 amide bonds. The zero-order chi connectivity index (χ0) is 21.3. The predicted molar refractivity (Wildman–Crippen MR) is 109 cm³/mol. The van der Waals surface area contributed by atoms with Gasteiger partial charge in [0.1, 0.15) is 0 Å². The number of rotatable bonds is 10. The second-order valence-corrected chi connectivity index (χ2v) is 10.2. The first-order chi connectivity index (χ1) is 12.8. The number of likely N-dealkylation sites (tertiary alicyclic amines) is 1. The minimum Gasteiger partial charge on any atom is -0.352 e. The third kappa shape index (κ3) is 4.50. The zero-order valence-electron chi connectivity index (χ0n) is 18.4. The van der Waals surface area contributed by atoms with Crippen LogP contribution in [0, 0.1) is 28.1 Å². The molecule has 1 aliphatic carbocycles. The minimum atomic E-state index is -0.560. The number of urea groups is 1.